The summed E-state index contributed by atoms with van der Waals surface area (Å²) in [6.07, 6.45) is 0. The average molecular weight is 404 g/mol. The first-order valence-corrected chi connectivity index (χ1v) is 9.17. The van der Waals surface area contributed by atoms with Crippen LogP contribution in [0, 0.1) is 25.2 Å². The zero-order chi connectivity index (χ0) is 21.5. The number of aryl methyl sites for hydroxylation is 2. The van der Waals surface area contributed by atoms with Crippen molar-refractivity contribution < 1.29 is 19.1 Å². The highest BCUT2D eigenvalue weighted by Crippen LogP contribution is 2.17. The van der Waals surface area contributed by atoms with Crippen LogP contribution in [0.5, 0.6) is 5.75 Å². The van der Waals surface area contributed by atoms with Crippen molar-refractivity contribution in [2.75, 3.05) is 18.5 Å². The van der Waals surface area contributed by atoms with Gasteiger partial charge >= 0.3 is 5.97 Å². The third kappa shape index (κ3) is 5.45. The average Bonchev–Trinajstić information content (AvgIpc) is 3.11. The van der Waals surface area contributed by atoms with Gasteiger partial charge in [-0.2, -0.15) is 10.4 Å². The number of aromatic nitrogens is 2. The molecular formula is C22H20N4O4. The molecule has 1 N–H and O–H groups in total. The summed E-state index contributed by atoms with van der Waals surface area (Å²) < 4.78 is 11.8. The minimum absolute atomic E-state index is 0.348. The first kappa shape index (κ1) is 20.6. The van der Waals surface area contributed by atoms with Gasteiger partial charge in [0.1, 0.15) is 11.6 Å². The molecule has 0 unspecified atom stereocenters. The summed E-state index contributed by atoms with van der Waals surface area (Å²) in [5, 5.41) is 15.8. The number of ether oxygens (including phenoxy) is 2. The molecule has 3 rings (SSSR count). The van der Waals surface area contributed by atoms with E-state index in [1.165, 1.54) is 0 Å². The van der Waals surface area contributed by atoms with Crippen LogP contribution >= 0.6 is 0 Å². The Hall–Kier alpha value is -4.12. The van der Waals surface area contributed by atoms with Gasteiger partial charge in [0, 0.05) is 6.07 Å². The monoisotopic (exact) mass is 404 g/mol. The maximum Gasteiger partial charge on any atom is 0.344 e. The number of amides is 1. The third-order valence-electron chi connectivity index (χ3n) is 4.08. The van der Waals surface area contributed by atoms with Crippen molar-refractivity contribution in [1.29, 1.82) is 5.26 Å². The Morgan fingerprint density at radius 3 is 2.43 bits per heavy atom. The Morgan fingerprint density at radius 1 is 1.07 bits per heavy atom. The van der Waals surface area contributed by atoms with E-state index in [0.29, 0.717) is 17.1 Å². The fraction of sp³-hybridized carbons (Fsp3) is 0.182. The van der Waals surface area contributed by atoms with E-state index < -0.39 is 18.5 Å². The van der Waals surface area contributed by atoms with Crippen LogP contribution in [-0.4, -0.2) is 34.9 Å². The molecule has 0 fully saturated rings. The van der Waals surface area contributed by atoms with E-state index in [1.54, 1.807) is 35.0 Å². The maximum atomic E-state index is 12.2. The molecule has 1 aromatic heterocycles. The number of benzene rings is 2. The summed E-state index contributed by atoms with van der Waals surface area (Å²) >= 11 is 0. The zero-order valence-corrected chi connectivity index (χ0v) is 16.6. The number of anilines is 1. The van der Waals surface area contributed by atoms with Gasteiger partial charge in [0.2, 0.25) is 0 Å². The fourth-order valence-corrected chi connectivity index (χ4v) is 2.61. The number of rotatable bonds is 7. The van der Waals surface area contributed by atoms with Crippen LogP contribution in [0.4, 0.5) is 5.82 Å². The highest BCUT2D eigenvalue weighted by molar-refractivity contribution is 5.92. The second-order valence-electron chi connectivity index (χ2n) is 6.55. The number of hydrogen-bond donors (Lipinski definition) is 1. The van der Waals surface area contributed by atoms with E-state index in [1.807, 2.05) is 44.2 Å². The van der Waals surface area contributed by atoms with Crippen molar-refractivity contribution in [3.05, 3.63) is 71.4 Å². The van der Waals surface area contributed by atoms with Crippen molar-refractivity contribution >= 4 is 17.7 Å². The Kier molecular flexibility index (Phi) is 6.45. The molecule has 0 spiro atoms. The topological polar surface area (TPSA) is 106 Å². The molecule has 30 heavy (non-hydrogen) atoms. The van der Waals surface area contributed by atoms with Crippen molar-refractivity contribution in [1.82, 2.24) is 9.78 Å². The number of nitriles is 1. The molecule has 152 valence electrons. The van der Waals surface area contributed by atoms with E-state index in [2.05, 4.69) is 10.4 Å². The van der Waals surface area contributed by atoms with Gasteiger partial charge in [0.15, 0.2) is 13.2 Å². The Balaban J connectivity index is 1.51. The van der Waals surface area contributed by atoms with Crippen LogP contribution < -0.4 is 10.1 Å². The number of nitrogens with one attached hydrogen (secondary N) is 1. The molecule has 0 atom stereocenters. The Morgan fingerprint density at radius 2 is 1.77 bits per heavy atom. The summed E-state index contributed by atoms with van der Waals surface area (Å²) in [4.78, 5) is 24.0. The predicted octanol–water partition coefficient (Wildman–Crippen LogP) is 2.92. The van der Waals surface area contributed by atoms with Crippen LogP contribution in [0.3, 0.4) is 0 Å². The van der Waals surface area contributed by atoms with Gasteiger partial charge in [-0.25, -0.2) is 9.48 Å². The highest BCUT2D eigenvalue weighted by Gasteiger charge is 2.13. The van der Waals surface area contributed by atoms with Gasteiger partial charge in [-0.3, -0.25) is 4.79 Å². The summed E-state index contributed by atoms with van der Waals surface area (Å²) in [6, 6.07) is 17.7. The second-order valence-corrected chi connectivity index (χ2v) is 6.55. The second kappa shape index (κ2) is 9.39. The number of nitrogens with zero attached hydrogens (tertiary/aromatic N) is 3. The summed E-state index contributed by atoms with van der Waals surface area (Å²) in [7, 11) is 0. The molecule has 0 aliphatic heterocycles. The van der Waals surface area contributed by atoms with Crippen LogP contribution in [0.1, 0.15) is 16.8 Å². The molecule has 1 amide bonds. The van der Waals surface area contributed by atoms with E-state index in [0.717, 1.165) is 16.9 Å². The molecule has 8 heteroatoms. The van der Waals surface area contributed by atoms with Crippen molar-refractivity contribution in [3.63, 3.8) is 0 Å². The minimum Gasteiger partial charge on any atom is -0.482 e. The summed E-state index contributed by atoms with van der Waals surface area (Å²) in [5.41, 5.74) is 3.14. The lowest BCUT2D eigenvalue weighted by molar-refractivity contribution is -0.149. The molecular weight excluding hydrogens is 384 g/mol. The quantitative estimate of drug-likeness (QED) is 0.607. The van der Waals surface area contributed by atoms with Gasteiger partial charge in [0.25, 0.3) is 5.91 Å². The van der Waals surface area contributed by atoms with Gasteiger partial charge in [-0.05, 0) is 50.2 Å². The largest absolute Gasteiger partial charge is 0.482 e. The van der Waals surface area contributed by atoms with Gasteiger partial charge in [0.05, 0.1) is 23.0 Å². The first-order valence-electron chi connectivity index (χ1n) is 9.17. The van der Waals surface area contributed by atoms with Gasteiger partial charge < -0.3 is 14.8 Å². The van der Waals surface area contributed by atoms with Crippen LogP contribution in [0.2, 0.25) is 0 Å². The number of carbonyl (C=O) groups is 2. The normalized spacial score (nSPS) is 10.2. The van der Waals surface area contributed by atoms with Crippen molar-refractivity contribution in [2.24, 2.45) is 0 Å². The number of esters is 1. The van der Waals surface area contributed by atoms with E-state index in [9.17, 15) is 9.59 Å². The lowest BCUT2D eigenvalue weighted by Crippen LogP contribution is -2.24. The molecule has 3 aromatic rings. The SMILES string of the molecule is Cc1ccc(-n2nc(C)cc2NC(=O)COC(=O)COc2ccc(C#N)cc2)cc1. The van der Waals surface area contributed by atoms with E-state index in [4.69, 9.17) is 14.7 Å². The summed E-state index contributed by atoms with van der Waals surface area (Å²) in [5.74, 6) is -0.271. The van der Waals surface area contributed by atoms with E-state index in [-0.39, 0.29) is 6.61 Å². The highest BCUT2D eigenvalue weighted by atomic mass is 16.6. The Bertz CT molecular complexity index is 1080. The lowest BCUT2D eigenvalue weighted by Gasteiger charge is -2.10. The summed E-state index contributed by atoms with van der Waals surface area (Å²) in [6.45, 7) is 3.01. The molecule has 1 heterocycles. The molecule has 2 aromatic carbocycles. The molecule has 0 radical (unpaired) electrons. The Labute approximate surface area is 173 Å². The molecule has 0 aliphatic carbocycles. The third-order valence-corrected chi connectivity index (χ3v) is 4.08. The van der Waals surface area contributed by atoms with Crippen LogP contribution in [0.15, 0.2) is 54.6 Å². The van der Waals surface area contributed by atoms with Crippen LogP contribution in [0.25, 0.3) is 5.69 Å². The fourth-order valence-electron chi connectivity index (χ4n) is 2.61. The van der Waals surface area contributed by atoms with Gasteiger partial charge in [-0.1, -0.05) is 17.7 Å². The van der Waals surface area contributed by atoms with Crippen molar-refractivity contribution in [2.45, 2.75) is 13.8 Å². The zero-order valence-electron chi connectivity index (χ0n) is 16.6. The minimum atomic E-state index is -0.683. The smallest absolute Gasteiger partial charge is 0.344 e. The molecule has 0 bridgehead atoms. The lowest BCUT2D eigenvalue weighted by atomic mass is 10.2. The predicted molar refractivity (Wildman–Crippen MR) is 109 cm³/mol. The maximum absolute atomic E-state index is 12.2. The van der Waals surface area contributed by atoms with Crippen molar-refractivity contribution in [3.8, 4) is 17.5 Å². The number of hydrogen-bond acceptors (Lipinski definition) is 6. The first-order chi connectivity index (χ1) is 14.4. The molecule has 0 saturated carbocycles. The molecule has 8 nitrogen and oxygen atoms in total. The number of carbonyl (C=O) groups excluding carboxylic acids is 2. The molecule has 0 aliphatic rings. The standard InChI is InChI=1S/C22H20N4O4/c1-15-3-7-18(8-4-15)26-20(11-16(2)25-26)24-21(27)13-30-22(28)14-29-19-9-5-17(12-23)6-10-19/h3-11H,13-14H2,1-2H3,(H,24,27). The van der Waals surface area contributed by atoms with Gasteiger partial charge in [-0.15, -0.1) is 0 Å². The molecule has 0 saturated heterocycles. The van der Waals surface area contributed by atoms with E-state index >= 15 is 0 Å². The van der Waals surface area contributed by atoms with Crippen LogP contribution in [-0.2, 0) is 14.3 Å².